The molecular weight excluding hydrogens is 392 g/mol. The number of carbonyl (C=O) groups is 1. The van der Waals surface area contributed by atoms with Crippen LogP contribution in [0.2, 0.25) is 0 Å². The minimum absolute atomic E-state index is 0.125. The van der Waals surface area contributed by atoms with Crippen molar-refractivity contribution >= 4 is 16.9 Å². The average molecular weight is 429 g/mol. The van der Waals surface area contributed by atoms with Crippen molar-refractivity contribution in [1.29, 1.82) is 0 Å². The van der Waals surface area contributed by atoms with Gasteiger partial charge in [-0.25, -0.2) is 0 Å². The fraction of sp³-hybridized carbons (Fsp3) is 0.731. The van der Waals surface area contributed by atoms with Gasteiger partial charge in [0.2, 0.25) is 6.29 Å². The number of rotatable bonds is 8. The minimum atomic E-state index is -0.352. The zero-order valence-electron chi connectivity index (χ0n) is 18.6. The number of ether oxygens (including phenoxy) is 2. The van der Waals surface area contributed by atoms with Gasteiger partial charge in [-0.3, -0.25) is 4.79 Å². The van der Waals surface area contributed by atoms with Crippen LogP contribution >= 0.6 is 11.8 Å². The molecule has 0 aromatic heterocycles. The lowest BCUT2D eigenvalue weighted by atomic mass is 9.70. The molecule has 9 atom stereocenters. The Labute approximate surface area is 185 Å². The third-order valence-corrected chi connectivity index (χ3v) is 9.60. The van der Waals surface area contributed by atoms with Crippen LogP contribution in [-0.4, -0.2) is 23.3 Å². The predicted octanol–water partition coefficient (Wildman–Crippen LogP) is 6.27. The van der Waals surface area contributed by atoms with Gasteiger partial charge in [-0.05, 0) is 97.6 Å². The van der Waals surface area contributed by atoms with Crippen LogP contribution in [0.5, 0.6) is 5.75 Å². The molecule has 4 heteroatoms. The maximum atomic E-state index is 11.6. The van der Waals surface area contributed by atoms with Crippen LogP contribution in [-0.2, 0) is 9.53 Å². The fourth-order valence-electron chi connectivity index (χ4n) is 7.40. The lowest BCUT2D eigenvalue weighted by Gasteiger charge is -2.39. The van der Waals surface area contributed by atoms with Gasteiger partial charge in [-0.1, -0.05) is 37.7 Å². The molecule has 1 aromatic rings. The van der Waals surface area contributed by atoms with E-state index >= 15 is 0 Å². The lowest BCUT2D eigenvalue weighted by Crippen LogP contribution is -2.40. The van der Waals surface area contributed by atoms with E-state index in [1.54, 1.807) is 6.92 Å². The van der Waals surface area contributed by atoms with Gasteiger partial charge in [0.15, 0.2) is 5.12 Å². The molecule has 4 bridgehead atoms. The first kappa shape index (κ1) is 20.9. The lowest BCUT2D eigenvalue weighted by molar-refractivity contribution is -0.135. The van der Waals surface area contributed by atoms with Crippen molar-refractivity contribution in [3.8, 4) is 5.75 Å². The second-order valence-electron chi connectivity index (χ2n) is 10.3. The predicted molar refractivity (Wildman–Crippen MR) is 122 cm³/mol. The van der Waals surface area contributed by atoms with Crippen molar-refractivity contribution in [1.82, 2.24) is 0 Å². The standard InChI is InChI=1S/C26H36O3S/c1-4-15(2)17-7-9-21(10-8-17)28-24(14-30-16(3)27)29-23-13-20-12-22(23)26-19-6-5-18(11-19)25(20)26/h7-10,15,18-20,22-26H,4-6,11-14H2,1-3H3. The monoisotopic (exact) mass is 428 g/mol. The van der Waals surface area contributed by atoms with Crippen LogP contribution in [0.4, 0.5) is 0 Å². The highest BCUT2D eigenvalue weighted by Crippen LogP contribution is 2.67. The van der Waals surface area contributed by atoms with Gasteiger partial charge in [-0.15, -0.1) is 0 Å². The second-order valence-corrected chi connectivity index (χ2v) is 11.5. The van der Waals surface area contributed by atoms with E-state index in [0.29, 0.717) is 17.8 Å². The molecule has 4 aliphatic carbocycles. The fourth-order valence-corrected chi connectivity index (χ4v) is 7.92. The third kappa shape index (κ3) is 3.83. The maximum Gasteiger partial charge on any atom is 0.209 e. The molecule has 30 heavy (non-hydrogen) atoms. The molecular formula is C26H36O3S. The summed E-state index contributed by atoms with van der Waals surface area (Å²) in [4.78, 5) is 11.6. The van der Waals surface area contributed by atoms with Gasteiger partial charge in [0.05, 0.1) is 11.9 Å². The van der Waals surface area contributed by atoms with Crippen molar-refractivity contribution in [2.45, 2.75) is 77.6 Å². The van der Waals surface area contributed by atoms with E-state index in [-0.39, 0.29) is 11.4 Å². The van der Waals surface area contributed by atoms with Crippen molar-refractivity contribution in [2.24, 2.45) is 35.5 Å². The van der Waals surface area contributed by atoms with E-state index in [1.807, 2.05) is 0 Å². The van der Waals surface area contributed by atoms with E-state index in [9.17, 15) is 4.79 Å². The summed E-state index contributed by atoms with van der Waals surface area (Å²) in [6, 6.07) is 8.44. The highest BCUT2D eigenvalue weighted by molar-refractivity contribution is 8.13. The summed E-state index contributed by atoms with van der Waals surface area (Å²) in [5.74, 6) is 7.43. The van der Waals surface area contributed by atoms with Crippen LogP contribution in [0.15, 0.2) is 24.3 Å². The van der Waals surface area contributed by atoms with E-state index in [4.69, 9.17) is 9.47 Å². The number of carbonyl (C=O) groups excluding carboxylic acids is 1. The SMILES string of the molecule is CCC(C)c1ccc(OC(CSC(C)=O)OC2CC3CC2C2C4CCC(C4)C32)cc1. The largest absolute Gasteiger partial charge is 0.464 e. The average Bonchev–Trinajstić information content (AvgIpc) is 3.51. The summed E-state index contributed by atoms with van der Waals surface area (Å²) in [6.45, 7) is 6.09. The number of thioether (sulfide) groups is 1. The first-order chi connectivity index (χ1) is 14.5. The molecule has 4 saturated carbocycles. The molecule has 0 amide bonds. The summed E-state index contributed by atoms with van der Waals surface area (Å²) in [5, 5.41) is 0.125. The Hall–Kier alpha value is -1.00. The van der Waals surface area contributed by atoms with Crippen LogP contribution < -0.4 is 4.74 Å². The van der Waals surface area contributed by atoms with Crippen LogP contribution in [0, 0.1) is 35.5 Å². The number of hydrogen-bond acceptors (Lipinski definition) is 4. The highest BCUT2D eigenvalue weighted by atomic mass is 32.2. The molecule has 1 aromatic carbocycles. The Bertz CT molecular complexity index is 762. The van der Waals surface area contributed by atoms with Crippen LogP contribution in [0.25, 0.3) is 0 Å². The topological polar surface area (TPSA) is 35.5 Å². The quantitative estimate of drug-likeness (QED) is 0.361. The zero-order chi connectivity index (χ0) is 20.8. The molecule has 4 aliphatic rings. The second kappa shape index (κ2) is 8.50. The van der Waals surface area contributed by atoms with E-state index < -0.39 is 0 Å². The highest BCUT2D eigenvalue weighted by Gasteiger charge is 2.62. The molecule has 0 saturated heterocycles. The molecule has 0 aliphatic heterocycles. The first-order valence-corrected chi connectivity index (χ1v) is 13.1. The van der Waals surface area contributed by atoms with Crippen molar-refractivity contribution in [3.05, 3.63) is 29.8 Å². The normalized spacial score (nSPS) is 37.9. The van der Waals surface area contributed by atoms with Crippen molar-refractivity contribution in [3.63, 3.8) is 0 Å². The summed E-state index contributed by atoms with van der Waals surface area (Å²) in [7, 11) is 0. The Balaban J connectivity index is 1.25. The van der Waals surface area contributed by atoms with Gasteiger partial charge >= 0.3 is 0 Å². The molecule has 164 valence electrons. The van der Waals surface area contributed by atoms with E-state index in [1.165, 1.54) is 49.4 Å². The van der Waals surface area contributed by atoms with Crippen molar-refractivity contribution < 1.29 is 14.3 Å². The molecule has 0 spiro atoms. The maximum absolute atomic E-state index is 11.6. The summed E-state index contributed by atoms with van der Waals surface area (Å²) in [6.07, 6.45) is 8.07. The Morgan fingerprint density at radius 1 is 1.07 bits per heavy atom. The van der Waals surface area contributed by atoms with Crippen LogP contribution in [0.3, 0.4) is 0 Å². The van der Waals surface area contributed by atoms with Gasteiger partial charge in [0, 0.05) is 6.92 Å². The summed E-state index contributed by atoms with van der Waals surface area (Å²) >= 11 is 1.32. The molecule has 0 N–H and O–H groups in total. The molecule has 9 unspecified atom stereocenters. The van der Waals surface area contributed by atoms with Gasteiger partial charge < -0.3 is 9.47 Å². The van der Waals surface area contributed by atoms with Crippen molar-refractivity contribution in [2.75, 3.05) is 5.75 Å². The molecule has 3 nitrogen and oxygen atoms in total. The number of fused-ring (bicyclic) bond motifs is 9. The molecule has 0 heterocycles. The number of hydrogen-bond donors (Lipinski definition) is 0. The Morgan fingerprint density at radius 3 is 2.50 bits per heavy atom. The summed E-state index contributed by atoms with van der Waals surface area (Å²) in [5.41, 5.74) is 1.34. The first-order valence-electron chi connectivity index (χ1n) is 12.1. The van der Waals surface area contributed by atoms with E-state index in [0.717, 1.165) is 47.7 Å². The summed E-state index contributed by atoms with van der Waals surface area (Å²) < 4.78 is 12.9. The Kier molecular flexibility index (Phi) is 5.92. The van der Waals surface area contributed by atoms with E-state index in [2.05, 4.69) is 38.1 Å². The molecule has 0 radical (unpaired) electrons. The smallest absolute Gasteiger partial charge is 0.209 e. The zero-order valence-corrected chi connectivity index (χ0v) is 19.4. The van der Waals surface area contributed by atoms with Gasteiger partial charge in [0.1, 0.15) is 5.75 Å². The van der Waals surface area contributed by atoms with Crippen LogP contribution in [0.1, 0.15) is 70.8 Å². The van der Waals surface area contributed by atoms with Gasteiger partial charge in [-0.2, -0.15) is 0 Å². The molecule has 4 fully saturated rings. The third-order valence-electron chi connectivity index (χ3n) is 8.75. The van der Waals surface area contributed by atoms with Gasteiger partial charge in [0.25, 0.3) is 0 Å². The minimum Gasteiger partial charge on any atom is -0.464 e. The molecule has 5 rings (SSSR count). The number of benzene rings is 1. The Morgan fingerprint density at radius 2 is 1.80 bits per heavy atom.